The van der Waals surface area contributed by atoms with Crippen molar-refractivity contribution in [3.63, 3.8) is 0 Å². The zero-order valence-corrected chi connectivity index (χ0v) is 15.7. The molecule has 0 saturated carbocycles. The van der Waals surface area contributed by atoms with E-state index in [1.807, 2.05) is 36.4 Å². The van der Waals surface area contributed by atoms with E-state index < -0.39 is 0 Å². The molecule has 0 aliphatic carbocycles. The third kappa shape index (κ3) is 3.69. The van der Waals surface area contributed by atoms with Gasteiger partial charge in [0.15, 0.2) is 0 Å². The van der Waals surface area contributed by atoms with Crippen LogP contribution in [0.25, 0.3) is 0 Å². The van der Waals surface area contributed by atoms with E-state index in [1.54, 1.807) is 12.0 Å². The van der Waals surface area contributed by atoms with Gasteiger partial charge in [-0.05, 0) is 30.2 Å². The van der Waals surface area contributed by atoms with Crippen LogP contribution in [0.1, 0.15) is 18.1 Å². The van der Waals surface area contributed by atoms with Gasteiger partial charge in [0.1, 0.15) is 5.75 Å². The van der Waals surface area contributed by atoms with Crippen molar-refractivity contribution in [3.8, 4) is 5.75 Å². The molecule has 25 heavy (non-hydrogen) atoms. The number of para-hydroxylation sites is 1. The maximum atomic E-state index is 12.6. The first-order valence-corrected chi connectivity index (χ1v) is 8.81. The molecule has 0 unspecified atom stereocenters. The lowest BCUT2D eigenvalue weighted by Gasteiger charge is -2.19. The number of anilines is 2. The van der Waals surface area contributed by atoms with Crippen molar-refractivity contribution in [1.82, 2.24) is 0 Å². The molecular weight excluding hydrogens is 384 g/mol. The average molecular weight is 403 g/mol. The molecule has 130 valence electrons. The standard InChI is InChI=1S/C19H19BrN2O3/c1-12(23)22-8-7-14-9-15(20)11-16(19(14)22)21-18(24)10-13-5-3-4-6-17(13)25-2/h3-6,9,11H,7-8,10H2,1-2H3,(H,21,24). The van der Waals surface area contributed by atoms with E-state index in [4.69, 9.17) is 4.74 Å². The Hall–Kier alpha value is -2.34. The Balaban J connectivity index is 1.86. The van der Waals surface area contributed by atoms with E-state index in [0.717, 1.165) is 27.7 Å². The summed E-state index contributed by atoms with van der Waals surface area (Å²) in [5.41, 5.74) is 3.32. The number of carbonyl (C=O) groups excluding carboxylic acids is 2. The van der Waals surface area contributed by atoms with Crippen LogP contribution in [-0.4, -0.2) is 25.5 Å². The number of halogens is 1. The lowest BCUT2D eigenvalue weighted by atomic mass is 10.1. The van der Waals surface area contributed by atoms with Crippen LogP contribution in [0.3, 0.4) is 0 Å². The highest BCUT2D eigenvalue weighted by Crippen LogP contribution is 2.38. The van der Waals surface area contributed by atoms with Crippen LogP contribution in [0, 0.1) is 0 Å². The molecule has 0 spiro atoms. The highest BCUT2D eigenvalue weighted by atomic mass is 79.9. The van der Waals surface area contributed by atoms with Crippen molar-refractivity contribution >= 4 is 39.1 Å². The van der Waals surface area contributed by atoms with Crippen LogP contribution in [0.2, 0.25) is 0 Å². The SMILES string of the molecule is COc1ccccc1CC(=O)Nc1cc(Br)cc2c1N(C(C)=O)CC2. The van der Waals surface area contributed by atoms with Crippen molar-refractivity contribution in [3.05, 3.63) is 52.0 Å². The highest BCUT2D eigenvalue weighted by molar-refractivity contribution is 9.10. The number of rotatable bonds is 4. The normalized spacial score (nSPS) is 12.7. The summed E-state index contributed by atoms with van der Waals surface area (Å²) in [6.45, 7) is 2.17. The first-order chi connectivity index (χ1) is 12.0. The van der Waals surface area contributed by atoms with E-state index in [-0.39, 0.29) is 18.2 Å². The minimum Gasteiger partial charge on any atom is -0.496 e. The van der Waals surface area contributed by atoms with E-state index in [0.29, 0.717) is 18.0 Å². The smallest absolute Gasteiger partial charge is 0.228 e. The third-order valence-corrected chi connectivity index (χ3v) is 4.68. The van der Waals surface area contributed by atoms with Gasteiger partial charge in [0.25, 0.3) is 0 Å². The number of fused-ring (bicyclic) bond motifs is 1. The zero-order chi connectivity index (χ0) is 18.0. The molecule has 2 amide bonds. The lowest BCUT2D eigenvalue weighted by molar-refractivity contribution is -0.117. The lowest BCUT2D eigenvalue weighted by Crippen LogP contribution is -2.27. The largest absolute Gasteiger partial charge is 0.496 e. The number of methoxy groups -OCH3 is 1. The average Bonchev–Trinajstić information content (AvgIpc) is 2.99. The Labute approximate surface area is 155 Å². The second kappa shape index (κ2) is 7.27. The van der Waals surface area contributed by atoms with E-state index in [1.165, 1.54) is 6.92 Å². The first-order valence-electron chi connectivity index (χ1n) is 8.02. The molecule has 3 rings (SSSR count). The summed E-state index contributed by atoms with van der Waals surface area (Å²) in [6, 6.07) is 11.3. The summed E-state index contributed by atoms with van der Waals surface area (Å²) in [6.07, 6.45) is 0.981. The fourth-order valence-electron chi connectivity index (χ4n) is 3.14. The summed E-state index contributed by atoms with van der Waals surface area (Å²) < 4.78 is 6.18. The predicted octanol–water partition coefficient (Wildman–Crippen LogP) is 3.55. The summed E-state index contributed by atoms with van der Waals surface area (Å²) in [5, 5.41) is 2.95. The van der Waals surface area contributed by atoms with E-state index >= 15 is 0 Å². The van der Waals surface area contributed by atoms with Crippen molar-refractivity contribution in [2.24, 2.45) is 0 Å². The zero-order valence-electron chi connectivity index (χ0n) is 14.1. The Morgan fingerprint density at radius 2 is 2.04 bits per heavy atom. The van der Waals surface area contributed by atoms with Crippen LogP contribution < -0.4 is 15.0 Å². The second-order valence-corrected chi connectivity index (χ2v) is 6.83. The molecular formula is C19H19BrN2O3. The first kappa shape index (κ1) is 17.5. The molecule has 0 atom stereocenters. The van der Waals surface area contributed by atoms with Gasteiger partial charge in [0.2, 0.25) is 11.8 Å². The van der Waals surface area contributed by atoms with Gasteiger partial charge in [0, 0.05) is 23.5 Å². The van der Waals surface area contributed by atoms with Crippen LogP contribution in [0.4, 0.5) is 11.4 Å². The van der Waals surface area contributed by atoms with Crippen LogP contribution in [0.5, 0.6) is 5.75 Å². The van der Waals surface area contributed by atoms with Crippen LogP contribution in [0.15, 0.2) is 40.9 Å². The number of ether oxygens (including phenoxy) is 1. The van der Waals surface area contributed by atoms with Gasteiger partial charge in [-0.15, -0.1) is 0 Å². The Bertz CT molecular complexity index is 835. The number of hydrogen-bond acceptors (Lipinski definition) is 3. The predicted molar refractivity (Wildman–Crippen MR) is 101 cm³/mol. The Kier molecular flexibility index (Phi) is 5.08. The van der Waals surface area contributed by atoms with Crippen molar-refractivity contribution in [2.75, 3.05) is 23.9 Å². The van der Waals surface area contributed by atoms with Gasteiger partial charge in [-0.1, -0.05) is 34.1 Å². The van der Waals surface area contributed by atoms with Crippen LogP contribution in [-0.2, 0) is 22.4 Å². The minimum absolute atomic E-state index is 0.0266. The van der Waals surface area contributed by atoms with Gasteiger partial charge in [-0.25, -0.2) is 0 Å². The van der Waals surface area contributed by atoms with Crippen molar-refractivity contribution < 1.29 is 14.3 Å². The second-order valence-electron chi connectivity index (χ2n) is 5.92. The van der Waals surface area contributed by atoms with Crippen molar-refractivity contribution in [1.29, 1.82) is 0 Å². The van der Waals surface area contributed by atoms with Gasteiger partial charge >= 0.3 is 0 Å². The summed E-state index contributed by atoms with van der Waals surface area (Å²) in [7, 11) is 1.59. The maximum Gasteiger partial charge on any atom is 0.228 e. The van der Waals surface area contributed by atoms with Gasteiger partial charge in [-0.2, -0.15) is 0 Å². The molecule has 2 aromatic rings. The van der Waals surface area contributed by atoms with Gasteiger partial charge in [0.05, 0.1) is 24.9 Å². The quantitative estimate of drug-likeness (QED) is 0.850. The third-order valence-electron chi connectivity index (χ3n) is 4.23. The molecule has 6 heteroatoms. The van der Waals surface area contributed by atoms with Crippen LogP contribution >= 0.6 is 15.9 Å². The molecule has 1 aliphatic rings. The summed E-state index contributed by atoms with van der Waals surface area (Å²) >= 11 is 3.48. The topological polar surface area (TPSA) is 58.6 Å². The molecule has 0 aromatic heterocycles. The summed E-state index contributed by atoms with van der Waals surface area (Å²) in [4.78, 5) is 26.2. The molecule has 1 N–H and O–H groups in total. The van der Waals surface area contributed by atoms with Gasteiger partial charge in [-0.3, -0.25) is 9.59 Å². The molecule has 0 fully saturated rings. The summed E-state index contributed by atoms with van der Waals surface area (Å²) in [5.74, 6) is 0.504. The molecule has 0 saturated heterocycles. The fraction of sp³-hybridized carbons (Fsp3) is 0.263. The van der Waals surface area contributed by atoms with E-state index in [9.17, 15) is 9.59 Å². The number of carbonyl (C=O) groups is 2. The molecule has 1 aliphatic heterocycles. The number of amides is 2. The molecule has 0 radical (unpaired) electrons. The Morgan fingerprint density at radius 3 is 2.76 bits per heavy atom. The number of benzene rings is 2. The fourth-order valence-corrected chi connectivity index (χ4v) is 3.64. The van der Waals surface area contributed by atoms with Gasteiger partial charge < -0.3 is 15.0 Å². The van der Waals surface area contributed by atoms with E-state index in [2.05, 4.69) is 21.2 Å². The highest BCUT2D eigenvalue weighted by Gasteiger charge is 2.26. The molecule has 0 bridgehead atoms. The number of nitrogens with one attached hydrogen (secondary N) is 1. The molecule has 1 heterocycles. The Morgan fingerprint density at radius 1 is 1.28 bits per heavy atom. The number of hydrogen-bond donors (Lipinski definition) is 1. The number of nitrogens with zero attached hydrogens (tertiary/aromatic N) is 1. The minimum atomic E-state index is -0.153. The molecule has 5 nitrogen and oxygen atoms in total. The molecule has 2 aromatic carbocycles. The maximum absolute atomic E-state index is 12.6. The monoisotopic (exact) mass is 402 g/mol. The van der Waals surface area contributed by atoms with Crippen molar-refractivity contribution in [2.45, 2.75) is 19.8 Å².